The van der Waals surface area contributed by atoms with Gasteiger partial charge in [-0.25, -0.2) is 8.42 Å². The Bertz CT molecular complexity index is 1160. The zero-order valence-corrected chi connectivity index (χ0v) is 18.4. The molecule has 3 aromatic carbocycles. The van der Waals surface area contributed by atoms with Crippen LogP contribution >= 0.6 is 23.2 Å². The Morgan fingerprint density at radius 2 is 1.73 bits per heavy atom. The molecule has 0 amide bonds. The molecule has 30 heavy (non-hydrogen) atoms. The molecule has 0 radical (unpaired) electrons. The van der Waals surface area contributed by atoms with Crippen molar-refractivity contribution in [1.29, 1.82) is 0 Å². The molecule has 0 saturated carbocycles. The lowest BCUT2D eigenvalue weighted by molar-refractivity contribution is -0.142. The molecule has 1 N–H and O–H groups in total. The van der Waals surface area contributed by atoms with E-state index in [0.717, 1.165) is 11.1 Å². The van der Waals surface area contributed by atoms with Crippen LogP contribution in [-0.4, -0.2) is 21.0 Å². The third-order valence-electron chi connectivity index (χ3n) is 4.24. The molecule has 5 nitrogen and oxygen atoms in total. The summed E-state index contributed by atoms with van der Waals surface area (Å²) in [6.45, 7) is 2.02. The fourth-order valence-electron chi connectivity index (χ4n) is 2.87. The minimum atomic E-state index is -3.80. The number of esters is 1. The predicted molar refractivity (Wildman–Crippen MR) is 119 cm³/mol. The van der Waals surface area contributed by atoms with E-state index in [2.05, 4.69) is 4.72 Å². The average molecular weight is 464 g/mol. The first-order valence-electron chi connectivity index (χ1n) is 9.11. The Kier molecular flexibility index (Phi) is 7.02. The maximum absolute atomic E-state index is 12.8. The van der Waals surface area contributed by atoms with Crippen molar-refractivity contribution in [2.45, 2.75) is 18.2 Å². The van der Waals surface area contributed by atoms with Crippen LogP contribution in [0.1, 0.15) is 12.5 Å². The summed E-state index contributed by atoms with van der Waals surface area (Å²) in [6.07, 6.45) is 0.0694. The molecule has 0 aromatic heterocycles. The summed E-state index contributed by atoms with van der Waals surface area (Å²) in [7, 11) is -3.80. The fourth-order valence-corrected chi connectivity index (χ4v) is 4.44. The number of sulfonamides is 1. The average Bonchev–Trinajstić information content (AvgIpc) is 2.68. The van der Waals surface area contributed by atoms with E-state index in [1.54, 1.807) is 61.5 Å². The Morgan fingerprint density at radius 1 is 1.00 bits per heavy atom. The molecule has 8 heteroatoms. The molecule has 0 aliphatic carbocycles. The summed E-state index contributed by atoms with van der Waals surface area (Å²) in [5.74, 6) is -0.367. The van der Waals surface area contributed by atoms with E-state index in [4.69, 9.17) is 27.9 Å². The van der Waals surface area contributed by atoms with Gasteiger partial charge in [0.25, 0.3) is 10.0 Å². The van der Waals surface area contributed by atoms with Gasteiger partial charge in [0.15, 0.2) is 0 Å². The molecule has 3 aromatic rings. The summed E-state index contributed by atoms with van der Waals surface area (Å²) in [6, 6.07) is 18.1. The van der Waals surface area contributed by atoms with Gasteiger partial charge < -0.3 is 4.74 Å². The number of nitrogens with one attached hydrogen (secondary N) is 1. The number of carbonyl (C=O) groups excluding carboxylic acids is 1. The topological polar surface area (TPSA) is 72.5 Å². The quantitative estimate of drug-likeness (QED) is 0.465. The molecule has 0 bridgehead atoms. The van der Waals surface area contributed by atoms with Gasteiger partial charge in [-0.1, -0.05) is 53.5 Å². The third kappa shape index (κ3) is 5.53. The van der Waals surface area contributed by atoms with Crippen LogP contribution in [0.15, 0.2) is 71.6 Å². The minimum absolute atomic E-state index is 0.0694. The van der Waals surface area contributed by atoms with Gasteiger partial charge in [0.05, 0.1) is 17.9 Å². The Morgan fingerprint density at radius 3 is 2.40 bits per heavy atom. The molecule has 0 fully saturated rings. The van der Waals surface area contributed by atoms with E-state index in [0.29, 0.717) is 27.9 Å². The van der Waals surface area contributed by atoms with Crippen LogP contribution in [0.2, 0.25) is 10.0 Å². The number of anilines is 1. The van der Waals surface area contributed by atoms with Crippen LogP contribution in [-0.2, 0) is 26.0 Å². The summed E-state index contributed by atoms with van der Waals surface area (Å²) >= 11 is 12.1. The highest BCUT2D eigenvalue weighted by Gasteiger charge is 2.15. The zero-order chi connectivity index (χ0) is 21.7. The van der Waals surface area contributed by atoms with Crippen LogP contribution in [0.3, 0.4) is 0 Å². The lowest BCUT2D eigenvalue weighted by Crippen LogP contribution is -2.13. The van der Waals surface area contributed by atoms with E-state index in [1.165, 1.54) is 12.1 Å². The van der Waals surface area contributed by atoms with Crippen LogP contribution in [0.25, 0.3) is 11.1 Å². The van der Waals surface area contributed by atoms with Crippen LogP contribution in [0.4, 0.5) is 5.69 Å². The first kappa shape index (κ1) is 22.2. The van der Waals surface area contributed by atoms with Gasteiger partial charge in [0.1, 0.15) is 0 Å². The molecule has 0 atom stereocenters. The second kappa shape index (κ2) is 9.51. The largest absolute Gasteiger partial charge is 0.466 e. The van der Waals surface area contributed by atoms with Crippen molar-refractivity contribution in [1.82, 2.24) is 0 Å². The normalized spacial score (nSPS) is 11.2. The van der Waals surface area contributed by atoms with Gasteiger partial charge >= 0.3 is 5.97 Å². The molecule has 156 valence electrons. The van der Waals surface area contributed by atoms with Crippen molar-refractivity contribution in [2.24, 2.45) is 0 Å². The number of halogens is 2. The summed E-state index contributed by atoms with van der Waals surface area (Å²) in [5.41, 5.74) is 2.54. The molecule has 3 rings (SSSR count). The molecule has 0 saturated heterocycles. The smallest absolute Gasteiger partial charge is 0.310 e. The third-order valence-corrected chi connectivity index (χ3v) is 6.18. The number of hydrogen-bond acceptors (Lipinski definition) is 4. The van der Waals surface area contributed by atoms with Crippen LogP contribution < -0.4 is 4.72 Å². The van der Waals surface area contributed by atoms with Gasteiger partial charge in [-0.3, -0.25) is 9.52 Å². The Hall–Kier alpha value is -2.54. The van der Waals surface area contributed by atoms with Crippen molar-refractivity contribution in [3.8, 4) is 11.1 Å². The molecule has 0 aliphatic heterocycles. The SMILES string of the molecule is CCOC(=O)Cc1cccc(NS(=O)(=O)c2ccc(-c3ccc(Cl)cc3Cl)cc2)c1. The maximum Gasteiger partial charge on any atom is 0.310 e. The summed E-state index contributed by atoms with van der Waals surface area (Å²) in [5, 5.41) is 1.01. The molecule has 0 heterocycles. The van der Waals surface area contributed by atoms with Crippen LogP contribution in [0, 0.1) is 0 Å². The van der Waals surface area contributed by atoms with E-state index >= 15 is 0 Å². The van der Waals surface area contributed by atoms with E-state index in [9.17, 15) is 13.2 Å². The van der Waals surface area contributed by atoms with Crippen molar-refractivity contribution < 1.29 is 17.9 Å². The first-order valence-corrected chi connectivity index (χ1v) is 11.4. The zero-order valence-electron chi connectivity index (χ0n) is 16.1. The van der Waals surface area contributed by atoms with Crippen molar-refractivity contribution in [3.05, 3.63) is 82.3 Å². The lowest BCUT2D eigenvalue weighted by atomic mass is 10.1. The maximum atomic E-state index is 12.8. The van der Waals surface area contributed by atoms with E-state index in [1.807, 2.05) is 0 Å². The van der Waals surface area contributed by atoms with Gasteiger partial charge in [-0.2, -0.15) is 0 Å². The molecular formula is C22H19Cl2NO4S. The summed E-state index contributed by atoms with van der Waals surface area (Å²) in [4.78, 5) is 11.7. The number of carbonyl (C=O) groups is 1. The van der Waals surface area contributed by atoms with Gasteiger partial charge in [-0.05, 0) is 54.4 Å². The van der Waals surface area contributed by atoms with Crippen molar-refractivity contribution in [3.63, 3.8) is 0 Å². The minimum Gasteiger partial charge on any atom is -0.466 e. The Labute approximate surface area is 185 Å². The molecule has 0 unspecified atom stereocenters. The summed E-state index contributed by atoms with van der Waals surface area (Å²) < 4.78 is 33.0. The van der Waals surface area contributed by atoms with Gasteiger partial charge in [-0.15, -0.1) is 0 Å². The van der Waals surface area contributed by atoms with Gasteiger partial charge in [0.2, 0.25) is 0 Å². The number of rotatable bonds is 7. The molecule has 0 aliphatic rings. The highest BCUT2D eigenvalue weighted by molar-refractivity contribution is 7.92. The number of ether oxygens (including phenoxy) is 1. The van der Waals surface area contributed by atoms with E-state index < -0.39 is 10.0 Å². The number of benzene rings is 3. The number of hydrogen-bond donors (Lipinski definition) is 1. The predicted octanol–water partition coefficient (Wildman–Crippen LogP) is 5.57. The second-order valence-corrected chi connectivity index (χ2v) is 8.96. The molecule has 0 spiro atoms. The Balaban J connectivity index is 1.78. The fraction of sp³-hybridized carbons (Fsp3) is 0.136. The molecular weight excluding hydrogens is 445 g/mol. The van der Waals surface area contributed by atoms with Crippen LogP contribution in [0.5, 0.6) is 0 Å². The van der Waals surface area contributed by atoms with Crippen molar-refractivity contribution in [2.75, 3.05) is 11.3 Å². The monoisotopic (exact) mass is 463 g/mol. The first-order chi connectivity index (χ1) is 14.3. The standard InChI is InChI=1S/C22H19Cl2NO4S/c1-2-29-22(26)13-15-4-3-5-18(12-15)25-30(27,28)19-9-6-16(7-10-19)20-11-8-17(23)14-21(20)24/h3-12,14,25H,2,13H2,1H3. The highest BCUT2D eigenvalue weighted by Crippen LogP contribution is 2.31. The van der Waals surface area contributed by atoms with E-state index in [-0.39, 0.29) is 17.3 Å². The van der Waals surface area contributed by atoms with Gasteiger partial charge in [0, 0.05) is 21.3 Å². The highest BCUT2D eigenvalue weighted by atomic mass is 35.5. The lowest BCUT2D eigenvalue weighted by Gasteiger charge is -2.11. The van der Waals surface area contributed by atoms with Crippen molar-refractivity contribution >= 4 is 44.9 Å². The second-order valence-electron chi connectivity index (χ2n) is 6.44.